The van der Waals surface area contributed by atoms with Crippen molar-refractivity contribution in [1.82, 2.24) is 9.78 Å². The smallest absolute Gasteiger partial charge is 0.212 e. The molecule has 0 spiro atoms. The monoisotopic (exact) mass is 427 g/mol. The lowest BCUT2D eigenvalue weighted by Crippen LogP contribution is -2.02. The third-order valence-corrected chi connectivity index (χ3v) is 5.22. The fraction of sp³-hybridized carbons (Fsp3) is 0.520. The lowest BCUT2D eigenvalue weighted by atomic mass is 9.96. The Kier molecular flexibility index (Phi) is 10.7. The van der Waals surface area contributed by atoms with E-state index in [1.165, 1.54) is 49.5 Å². The molecule has 0 N–H and O–H groups in total. The Morgan fingerprint density at radius 1 is 1.00 bits per heavy atom. The van der Waals surface area contributed by atoms with Crippen LogP contribution in [0.25, 0.3) is 0 Å². The normalized spacial score (nSPS) is 11.5. The molecule has 6 nitrogen and oxygen atoms in total. The fourth-order valence-electron chi connectivity index (χ4n) is 3.56. The Hall–Kier alpha value is -2.76. The van der Waals surface area contributed by atoms with Gasteiger partial charge in [-0.25, -0.2) is 4.68 Å². The van der Waals surface area contributed by atoms with E-state index in [4.69, 9.17) is 9.47 Å². The predicted molar refractivity (Wildman–Crippen MR) is 126 cm³/mol. The number of hydrogen-bond donors (Lipinski definition) is 0. The fourth-order valence-corrected chi connectivity index (χ4v) is 3.56. The first-order valence-corrected chi connectivity index (χ1v) is 11.1. The topological polar surface area (TPSA) is 57.9 Å². The van der Waals surface area contributed by atoms with Crippen molar-refractivity contribution in [3.63, 3.8) is 0 Å². The number of benzene rings is 1. The van der Waals surface area contributed by atoms with Crippen molar-refractivity contribution >= 4 is 6.21 Å². The standard InChI is InChI=1S/C25H37N3O3/c1-6-7-14-30-23-16-20(2)24(21(3)17-23)13-11-9-8-10-12-15-31-25-18-22(19-26-29-5)27-28(25)4/h6-7,16-19H,8-15H2,1-5H3/b7-6+,26-19?. The number of nitrogens with zero attached hydrogens (tertiary/aromatic N) is 3. The largest absolute Gasteiger partial charge is 0.490 e. The lowest BCUT2D eigenvalue weighted by Gasteiger charge is -2.13. The molecule has 0 bridgehead atoms. The minimum Gasteiger partial charge on any atom is -0.490 e. The summed E-state index contributed by atoms with van der Waals surface area (Å²) in [6.45, 7) is 7.71. The number of hydrogen-bond acceptors (Lipinski definition) is 5. The summed E-state index contributed by atoms with van der Waals surface area (Å²) in [6, 6.07) is 6.19. The van der Waals surface area contributed by atoms with Gasteiger partial charge in [0.1, 0.15) is 25.2 Å². The maximum Gasteiger partial charge on any atom is 0.212 e. The highest BCUT2D eigenvalue weighted by Crippen LogP contribution is 2.24. The summed E-state index contributed by atoms with van der Waals surface area (Å²) in [7, 11) is 3.38. The van der Waals surface area contributed by atoms with Gasteiger partial charge in [-0.3, -0.25) is 0 Å². The second-order valence-corrected chi connectivity index (χ2v) is 7.73. The highest BCUT2D eigenvalue weighted by molar-refractivity contribution is 5.76. The van der Waals surface area contributed by atoms with Crippen LogP contribution in [0.4, 0.5) is 0 Å². The molecule has 0 amide bonds. The van der Waals surface area contributed by atoms with E-state index in [1.807, 2.05) is 32.2 Å². The van der Waals surface area contributed by atoms with Crippen molar-refractivity contribution in [2.45, 2.75) is 59.3 Å². The van der Waals surface area contributed by atoms with Crippen LogP contribution in [0.15, 0.2) is 35.5 Å². The van der Waals surface area contributed by atoms with E-state index < -0.39 is 0 Å². The van der Waals surface area contributed by atoms with Crippen LogP contribution in [0.5, 0.6) is 11.6 Å². The second-order valence-electron chi connectivity index (χ2n) is 7.73. The van der Waals surface area contributed by atoms with Gasteiger partial charge in [0.2, 0.25) is 5.88 Å². The minimum atomic E-state index is 0.627. The van der Waals surface area contributed by atoms with Gasteiger partial charge in [-0.05, 0) is 68.9 Å². The minimum absolute atomic E-state index is 0.627. The first kappa shape index (κ1) is 24.5. The second kappa shape index (κ2) is 13.5. The number of aryl methyl sites for hydroxylation is 3. The SMILES string of the molecule is C/C=C/COc1cc(C)c(CCCCCCCOc2cc(C=NOC)nn2C)c(C)c1. The van der Waals surface area contributed by atoms with E-state index in [2.05, 4.69) is 41.1 Å². The van der Waals surface area contributed by atoms with Crippen LogP contribution in [-0.4, -0.2) is 36.3 Å². The van der Waals surface area contributed by atoms with Crippen molar-refractivity contribution in [2.24, 2.45) is 12.2 Å². The van der Waals surface area contributed by atoms with Crippen molar-refractivity contribution in [1.29, 1.82) is 0 Å². The van der Waals surface area contributed by atoms with Gasteiger partial charge in [-0.1, -0.05) is 36.6 Å². The molecule has 1 aromatic heterocycles. The summed E-state index contributed by atoms with van der Waals surface area (Å²) in [5.74, 6) is 1.71. The highest BCUT2D eigenvalue weighted by Gasteiger charge is 2.07. The summed E-state index contributed by atoms with van der Waals surface area (Å²) in [4.78, 5) is 4.68. The first-order valence-electron chi connectivity index (χ1n) is 11.1. The third-order valence-electron chi connectivity index (χ3n) is 5.22. The van der Waals surface area contributed by atoms with Gasteiger partial charge in [0.25, 0.3) is 0 Å². The zero-order valence-corrected chi connectivity index (χ0v) is 19.7. The molecule has 0 aliphatic rings. The number of aromatic nitrogens is 2. The van der Waals surface area contributed by atoms with Crippen molar-refractivity contribution in [2.75, 3.05) is 20.3 Å². The average molecular weight is 428 g/mol. The predicted octanol–water partition coefficient (Wildman–Crippen LogP) is 5.54. The maximum absolute atomic E-state index is 5.83. The average Bonchev–Trinajstić information content (AvgIpc) is 3.09. The molecule has 0 aliphatic heterocycles. The number of ether oxygens (including phenoxy) is 2. The Morgan fingerprint density at radius 2 is 1.71 bits per heavy atom. The molecule has 0 saturated heterocycles. The molecule has 0 fully saturated rings. The molecular formula is C25H37N3O3. The number of rotatable bonds is 14. The Labute approximate surface area is 186 Å². The molecule has 6 heteroatoms. The van der Waals surface area contributed by atoms with Crippen LogP contribution < -0.4 is 9.47 Å². The van der Waals surface area contributed by atoms with Gasteiger partial charge < -0.3 is 14.3 Å². The van der Waals surface area contributed by atoms with E-state index in [9.17, 15) is 0 Å². The molecule has 1 heterocycles. The third kappa shape index (κ3) is 8.48. The Balaban J connectivity index is 1.63. The van der Waals surface area contributed by atoms with Gasteiger partial charge in [0.15, 0.2) is 0 Å². The molecule has 0 saturated carbocycles. The van der Waals surface area contributed by atoms with Crippen LogP contribution in [0.2, 0.25) is 0 Å². The van der Waals surface area contributed by atoms with E-state index >= 15 is 0 Å². The molecule has 2 rings (SSSR count). The maximum atomic E-state index is 5.83. The molecule has 0 aliphatic carbocycles. The first-order chi connectivity index (χ1) is 15.0. The number of unbranched alkanes of at least 4 members (excludes halogenated alkanes) is 4. The van der Waals surface area contributed by atoms with Crippen molar-refractivity contribution in [3.05, 3.63) is 52.7 Å². The van der Waals surface area contributed by atoms with E-state index in [0.717, 1.165) is 30.2 Å². The summed E-state index contributed by atoms with van der Waals surface area (Å²) in [5, 5.41) is 8.03. The summed E-state index contributed by atoms with van der Waals surface area (Å²) < 4.78 is 13.3. The van der Waals surface area contributed by atoms with Crippen molar-refractivity contribution < 1.29 is 14.3 Å². The molecule has 31 heavy (non-hydrogen) atoms. The lowest BCUT2D eigenvalue weighted by molar-refractivity contribution is 0.215. The van der Waals surface area contributed by atoms with Gasteiger partial charge >= 0.3 is 0 Å². The molecular weight excluding hydrogens is 390 g/mol. The van der Waals surface area contributed by atoms with Crippen molar-refractivity contribution in [3.8, 4) is 11.6 Å². The van der Waals surface area contributed by atoms with Crippen LogP contribution in [0, 0.1) is 13.8 Å². The molecule has 1 aromatic carbocycles. The van der Waals surface area contributed by atoms with Crippen LogP contribution in [-0.2, 0) is 18.3 Å². The van der Waals surface area contributed by atoms with Gasteiger partial charge in [0, 0.05) is 13.1 Å². The summed E-state index contributed by atoms with van der Waals surface area (Å²) in [6.07, 6.45) is 12.6. The molecule has 2 aromatic rings. The highest BCUT2D eigenvalue weighted by atomic mass is 16.6. The zero-order chi connectivity index (χ0) is 22.5. The quantitative estimate of drug-likeness (QED) is 0.172. The van der Waals surface area contributed by atoms with E-state index in [-0.39, 0.29) is 0 Å². The van der Waals surface area contributed by atoms with Crippen LogP contribution in [0.1, 0.15) is 61.4 Å². The summed E-state index contributed by atoms with van der Waals surface area (Å²) >= 11 is 0. The van der Waals surface area contributed by atoms with E-state index in [1.54, 1.807) is 10.9 Å². The van der Waals surface area contributed by atoms with Gasteiger partial charge in [-0.15, -0.1) is 0 Å². The molecule has 0 radical (unpaired) electrons. The molecule has 0 atom stereocenters. The Bertz CT molecular complexity index is 833. The van der Waals surface area contributed by atoms with Gasteiger partial charge in [0.05, 0.1) is 12.8 Å². The number of allylic oxidation sites excluding steroid dienone is 1. The molecule has 170 valence electrons. The number of oxime groups is 1. The Morgan fingerprint density at radius 3 is 2.42 bits per heavy atom. The zero-order valence-electron chi connectivity index (χ0n) is 19.7. The summed E-state index contributed by atoms with van der Waals surface area (Å²) in [5.41, 5.74) is 4.85. The molecule has 0 unspecified atom stereocenters. The van der Waals surface area contributed by atoms with E-state index in [0.29, 0.717) is 13.2 Å². The van der Waals surface area contributed by atoms with Gasteiger partial charge in [-0.2, -0.15) is 5.10 Å². The van der Waals surface area contributed by atoms with Crippen LogP contribution in [0.3, 0.4) is 0 Å². The van der Waals surface area contributed by atoms with Crippen LogP contribution >= 0.6 is 0 Å².